The summed E-state index contributed by atoms with van der Waals surface area (Å²) in [7, 11) is 0. The van der Waals surface area contributed by atoms with Gasteiger partial charge in [-0.15, -0.1) is 4.68 Å². The van der Waals surface area contributed by atoms with Gasteiger partial charge in [0.15, 0.2) is 0 Å². The number of hydrogen-bond acceptors (Lipinski definition) is 4. The summed E-state index contributed by atoms with van der Waals surface area (Å²) in [6, 6.07) is 0. The molecule has 0 aromatic carbocycles. The Balaban J connectivity index is 1.40. The lowest BCUT2D eigenvalue weighted by atomic mass is 9.32. The molecule has 2 N–H and O–H groups in total. The molecular formula is C33H51N3O3. The van der Waals surface area contributed by atoms with Crippen molar-refractivity contribution in [3.8, 4) is 5.88 Å². The van der Waals surface area contributed by atoms with Gasteiger partial charge in [0.25, 0.3) is 5.88 Å². The molecule has 0 radical (unpaired) electrons. The maximum absolute atomic E-state index is 11.9. The first-order valence-corrected chi connectivity index (χ1v) is 15.7. The molecule has 5 fully saturated rings. The van der Waals surface area contributed by atoms with Crippen LogP contribution in [0.1, 0.15) is 118 Å². The third kappa shape index (κ3) is 3.54. The summed E-state index contributed by atoms with van der Waals surface area (Å²) in [6.45, 7) is 19.8. The largest absolute Gasteiger partial charge is 0.491 e. The van der Waals surface area contributed by atoms with Crippen LogP contribution in [-0.4, -0.2) is 31.3 Å². The van der Waals surface area contributed by atoms with Crippen molar-refractivity contribution in [3.05, 3.63) is 17.8 Å². The van der Waals surface area contributed by atoms with Gasteiger partial charge < -0.3 is 10.2 Å². The van der Waals surface area contributed by atoms with Crippen LogP contribution in [0.2, 0.25) is 0 Å². The molecule has 216 valence electrons. The summed E-state index contributed by atoms with van der Waals surface area (Å²) in [4.78, 5) is 11.9. The van der Waals surface area contributed by atoms with E-state index in [1.54, 1.807) is 0 Å². The van der Waals surface area contributed by atoms with Gasteiger partial charge in [0.05, 0.1) is 0 Å². The lowest BCUT2D eigenvalue weighted by Crippen LogP contribution is -2.65. The summed E-state index contributed by atoms with van der Waals surface area (Å²) in [5, 5.41) is 27.9. The van der Waals surface area contributed by atoms with Crippen LogP contribution in [0.25, 0.3) is 0 Å². The van der Waals surface area contributed by atoms with E-state index in [4.69, 9.17) is 0 Å². The first kappa shape index (κ1) is 27.3. The van der Waals surface area contributed by atoms with Crippen molar-refractivity contribution in [1.82, 2.24) is 15.0 Å². The number of fused-ring (bicyclic) bond motifs is 7. The fraction of sp³-hybridized carbons (Fsp3) is 0.848. The zero-order valence-electron chi connectivity index (χ0n) is 25.2. The van der Waals surface area contributed by atoms with Crippen LogP contribution < -0.4 is 0 Å². The van der Waals surface area contributed by atoms with Crippen molar-refractivity contribution in [1.29, 1.82) is 0 Å². The maximum atomic E-state index is 11.9. The first-order valence-electron chi connectivity index (χ1n) is 15.7. The van der Waals surface area contributed by atoms with E-state index in [0.29, 0.717) is 46.1 Å². The van der Waals surface area contributed by atoms with Gasteiger partial charge in [0.2, 0.25) is 0 Å². The summed E-state index contributed by atoms with van der Waals surface area (Å²) in [5.41, 5.74) is 3.03. The minimum absolute atomic E-state index is 0.0443. The van der Waals surface area contributed by atoms with Gasteiger partial charge in [-0.25, -0.2) is 4.79 Å². The molecule has 1 heterocycles. The monoisotopic (exact) mass is 537 g/mol. The molecule has 9 atom stereocenters. The Morgan fingerprint density at radius 3 is 2.38 bits per heavy atom. The van der Waals surface area contributed by atoms with Gasteiger partial charge >= 0.3 is 6.09 Å². The van der Waals surface area contributed by atoms with Crippen LogP contribution in [0.3, 0.4) is 0 Å². The summed E-state index contributed by atoms with van der Waals surface area (Å²) in [5.74, 6) is 2.86. The van der Waals surface area contributed by atoms with Gasteiger partial charge in [0.1, 0.15) is 5.69 Å². The summed E-state index contributed by atoms with van der Waals surface area (Å²) < 4.78 is 0.911. The number of aromatic nitrogens is 3. The number of nitrogens with zero attached hydrogens (tertiary/aromatic N) is 3. The summed E-state index contributed by atoms with van der Waals surface area (Å²) >= 11 is 0. The maximum Gasteiger partial charge on any atom is 0.434 e. The van der Waals surface area contributed by atoms with Crippen LogP contribution >= 0.6 is 0 Å². The lowest BCUT2D eigenvalue weighted by Gasteiger charge is -2.72. The Morgan fingerprint density at radius 1 is 0.949 bits per heavy atom. The highest BCUT2D eigenvalue weighted by Gasteiger charge is 2.70. The average molecular weight is 538 g/mol. The van der Waals surface area contributed by atoms with Crippen LogP contribution in [0, 0.1) is 56.7 Å². The van der Waals surface area contributed by atoms with Crippen molar-refractivity contribution in [2.75, 3.05) is 0 Å². The second-order valence-electron chi connectivity index (χ2n) is 16.1. The average Bonchev–Trinajstić information content (AvgIpc) is 3.40. The molecule has 0 saturated heterocycles. The third-order valence-corrected chi connectivity index (χ3v) is 14.4. The molecule has 0 unspecified atom stereocenters. The fourth-order valence-corrected chi connectivity index (χ4v) is 12.6. The second kappa shape index (κ2) is 8.58. The van der Waals surface area contributed by atoms with E-state index in [-0.39, 0.29) is 16.7 Å². The van der Waals surface area contributed by atoms with E-state index in [1.807, 2.05) is 0 Å². The fourth-order valence-electron chi connectivity index (χ4n) is 12.6. The first-order chi connectivity index (χ1) is 18.2. The Kier molecular flexibility index (Phi) is 6.01. The van der Waals surface area contributed by atoms with E-state index < -0.39 is 6.09 Å². The molecular weight excluding hydrogens is 486 g/mol. The van der Waals surface area contributed by atoms with Gasteiger partial charge in [0, 0.05) is 6.42 Å². The van der Waals surface area contributed by atoms with Crippen LogP contribution in [0.4, 0.5) is 4.79 Å². The van der Waals surface area contributed by atoms with Gasteiger partial charge in [-0.1, -0.05) is 63.5 Å². The molecule has 1 aromatic rings. The number of carbonyl (C=O) groups is 1. The van der Waals surface area contributed by atoms with Gasteiger partial charge in [-0.3, -0.25) is 0 Å². The van der Waals surface area contributed by atoms with Crippen molar-refractivity contribution in [3.63, 3.8) is 0 Å². The molecule has 6 rings (SSSR count). The highest BCUT2D eigenvalue weighted by atomic mass is 16.4. The van der Waals surface area contributed by atoms with E-state index in [1.165, 1.54) is 56.9 Å². The standard InChI is InChI=1S/C33H51N3O3/c1-20(2)21-11-16-33(19-23-27(37)34-35-36(23)28(38)39)18-17-31(6)22(26(21)33)9-10-25-30(5)14-8-13-29(3,4)24(30)12-15-32(25,31)7/h21-22,24-26,37H,1,8-19H2,2-7H3,(H,38,39)/t21-,22+,24-,25+,26+,30-,31+,32+,33+/m0/s1. The highest BCUT2D eigenvalue weighted by molar-refractivity contribution is 5.68. The van der Waals surface area contributed by atoms with E-state index >= 15 is 0 Å². The van der Waals surface area contributed by atoms with E-state index in [0.717, 1.165) is 35.8 Å². The highest BCUT2D eigenvalue weighted by Crippen LogP contribution is 2.77. The number of rotatable bonds is 3. The van der Waals surface area contributed by atoms with E-state index in [2.05, 4.69) is 58.4 Å². The molecule has 5 aliphatic rings. The molecule has 1 aromatic heterocycles. The number of carboxylic acid groups (broad SMARTS) is 1. The van der Waals surface area contributed by atoms with Crippen LogP contribution in [0.15, 0.2) is 12.2 Å². The molecule has 0 aliphatic heterocycles. The molecule has 6 heteroatoms. The Hall–Kier alpha value is -1.85. The van der Waals surface area contributed by atoms with Gasteiger partial charge in [-0.05, 0) is 128 Å². The Labute approximate surface area is 235 Å². The Morgan fingerprint density at radius 2 is 1.69 bits per heavy atom. The molecule has 6 nitrogen and oxygen atoms in total. The lowest BCUT2D eigenvalue weighted by molar-refractivity contribution is -0.236. The predicted octanol–water partition coefficient (Wildman–Crippen LogP) is 8.10. The SMILES string of the molecule is C=C(C)[C@@H]1CC[C@]2(Cc3c(O)nnn3C(=O)O)CC[C@]3(C)[C@H](CC[C@@H]4[C@@]5(C)CCCC(C)(C)[C@@H]5CC[C@]43C)[C@@H]12. The zero-order valence-corrected chi connectivity index (χ0v) is 25.2. The van der Waals surface area contributed by atoms with Crippen molar-refractivity contribution in [2.24, 2.45) is 56.7 Å². The smallest absolute Gasteiger partial charge is 0.434 e. The number of hydrogen-bond donors (Lipinski definition) is 2. The molecule has 5 aliphatic carbocycles. The summed E-state index contributed by atoms with van der Waals surface area (Å²) in [6.07, 6.45) is 13.2. The molecule has 5 saturated carbocycles. The molecule has 0 spiro atoms. The van der Waals surface area contributed by atoms with Gasteiger partial charge in [-0.2, -0.15) is 0 Å². The number of allylic oxidation sites excluding steroid dienone is 1. The normalized spacial score (nSPS) is 46.5. The van der Waals surface area contributed by atoms with Crippen molar-refractivity contribution < 1.29 is 15.0 Å². The van der Waals surface area contributed by atoms with Crippen molar-refractivity contribution in [2.45, 2.75) is 119 Å². The zero-order chi connectivity index (χ0) is 28.2. The third-order valence-electron chi connectivity index (χ3n) is 14.4. The second-order valence-corrected chi connectivity index (χ2v) is 16.1. The Bertz CT molecular complexity index is 1190. The topological polar surface area (TPSA) is 88.2 Å². The molecule has 0 bridgehead atoms. The number of aromatic hydroxyl groups is 1. The van der Waals surface area contributed by atoms with E-state index in [9.17, 15) is 15.0 Å². The minimum atomic E-state index is -1.17. The quantitative estimate of drug-likeness (QED) is 0.380. The van der Waals surface area contributed by atoms with Crippen molar-refractivity contribution >= 4 is 6.09 Å². The minimum Gasteiger partial charge on any atom is -0.491 e. The van der Waals surface area contributed by atoms with Crippen LogP contribution in [0.5, 0.6) is 5.88 Å². The molecule has 0 amide bonds. The van der Waals surface area contributed by atoms with Crippen LogP contribution in [-0.2, 0) is 6.42 Å². The predicted molar refractivity (Wildman–Crippen MR) is 152 cm³/mol. The molecule has 39 heavy (non-hydrogen) atoms.